The maximum absolute atomic E-state index is 12.1. The number of benzene rings is 2. The molecular weight excluding hydrogens is 346 g/mol. The van der Waals surface area contributed by atoms with Crippen LogP contribution in [0.4, 0.5) is 10.8 Å². The van der Waals surface area contributed by atoms with Crippen molar-refractivity contribution in [3.8, 4) is 0 Å². The Hall–Kier alpha value is -2.99. The fourth-order valence-electron chi connectivity index (χ4n) is 2.40. The Morgan fingerprint density at radius 2 is 1.62 bits per heavy atom. The first-order valence-corrected chi connectivity index (χ1v) is 9.11. The average molecular weight is 365 g/mol. The van der Waals surface area contributed by atoms with Crippen LogP contribution in [0.1, 0.15) is 16.8 Å². The van der Waals surface area contributed by atoms with Crippen LogP contribution in [0.5, 0.6) is 0 Å². The molecule has 0 fully saturated rings. The first kappa shape index (κ1) is 17.8. The highest BCUT2D eigenvalue weighted by molar-refractivity contribution is 7.13. The van der Waals surface area contributed by atoms with Crippen molar-refractivity contribution in [3.05, 3.63) is 76.8 Å². The molecule has 0 radical (unpaired) electrons. The predicted octanol–water partition coefficient (Wildman–Crippen LogP) is 3.81. The minimum atomic E-state index is -0.138. The monoisotopic (exact) mass is 365 g/mol. The standard InChI is InChI=1S/C20H19N3O2S/c1-14-7-9-16(10-8-14)21-19(25)12-17-13-26-20(22-17)23-18(24)11-15-5-3-2-4-6-15/h2-10,13H,11-12H2,1H3,(H,21,25)(H,22,23,24). The second-order valence-corrected chi connectivity index (χ2v) is 6.80. The highest BCUT2D eigenvalue weighted by Crippen LogP contribution is 2.17. The Balaban J connectivity index is 1.51. The molecule has 6 heteroatoms. The summed E-state index contributed by atoms with van der Waals surface area (Å²) < 4.78 is 0. The minimum Gasteiger partial charge on any atom is -0.326 e. The van der Waals surface area contributed by atoms with Gasteiger partial charge in [0.05, 0.1) is 18.5 Å². The van der Waals surface area contributed by atoms with E-state index in [9.17, 15) is 9.59 Å². The van der Waals surface area contributed by atoms with Crippen LogP contribution < -0.4 is 10.6 Å². The van der Waals surface area contributed by atoms with Gasteiger partial charge in [0.1, 0.15) is 0 Å². The highest BCUT2D eigenvalue weighted by atomic mass is 32.1. The quantitative estimate of drug-likeness (QED) is 0.698. The summed E-state index contributed by atoms with van der Waals surface area (Å²) in [4.78, 5) is 28.5. The number of aromatic nitrogens is 1. The summed E-state index contributed by atoms with van der Waals surface area (Å²) in [5, 5.41) is 7.90. The SMILES string of the molecule is Cc1ccc(NC(=O)Cc2csc(NC(=O)Cc3ccccc3)n2)cc1. The second-order valence-electron chi connectivity index (χ2n) is 5.95. The smallest absolute Gasteiger partial charge is 0.230 e. The van der Waals surface area contributed by atoms with Gasteiger partial charge in [0.2, 0.25) is 11.8 Å². The van der Waals surface area contributed by atoms with Gasteiger partial charge in [-0.15, -0.1) is 11.3 Å². The molecule has 0 saturated carbocycles. The van der Waals surface area contributed by atoms with Gasteiger partial charge in [-0.05, 0) is 24.6 Å². The van der Waals surface area contributed by atoms with Crippen LogP contribution in [0.3, 0.4) is 0 Å². The lowest BCUT2D eigenvalue weighted by Crippen LogP contribution is -2.16. The molecular formula is C20H19N3O2S. The summed E-state index contributed by atoms with van der Waals surface area (Å²) in [6.45, 7) is 1.99. The molecule has 0 bridgehead atoms. The van der Waals surface area contributed by atoms with E-state index in [1.807, 2.05) is 61.5 Å². The molecule has 3 rings (SSSR count). The first-order valence-electron chi connectivity index (χ1n) is 8.23. The summed E-state index contributed by atoms with van der Waals surface area (Å²) in [7, 11) is 0. The summed E-state index contributed by atoms with van der Waals surface area (Å²) in [5.74, 6) is -0.262. The van der Waals surface area contributed by atoms with E-state index in [1.165, 1.54) is 11.3 Å². The summed E-state index contributed by atoms with van der Waals surface area (Å²) in [5.41, 5.74) is 3.47. The largest absolute Gasteiger partial charge is 0.326 e. The van der Waals surface area contributed by atoms with E-state index >= 15 is 0 Å². The maximum Gasteiger partial charge on any atom is 0.230 e. The molecule has 0 aliphatic heterocycles. The van der Waals surface area contributed by atoms with E-state index in [0.29, 0.717) is 17.2 Å². The molecule has 2 amide bonds. The molecule has 2 aromatic carbocycles. The molecule has 1 aromatic heterocycles. The van der Waals surface area contributed by atoms with Crippen LogP contribution in [0.2, 0.25) is 0 Å². The number of amides is 2. The molecule has 5 nitrogen and oxygen atoms in total. The predicted molar refractivity (Wildman–Crippen MR) is 104 cm³/mol. The van der Waals surface area contributed by atoms with E-state index in [1.54, 1.807) is 5.38 Å². The topological polar surface area (TPSA) is 71.1 Å². The van der Waals surface area contributed by atoms with Crippen molar-refractivity contribution < 1.29 is 9.59 Å². The molecule has 0 aliphatic carbocycles. The summed E-state index contributed by atoms with van der Waals surface area (Å²) in [6.07, 6.45) is 0.461. The van der Waals surface area contributed by atoms with E-state index in [-0.39, 0.29) is 18.2 Å². The Morgan fingerprint density at radius 3 is 2.35 bits per heavy atom. The zero-order chi connectivity index (χ0) is 18.4. The molecule has 0 unspecified atom stereocenters. The number of nitrogens with one attached hydrogen (secondary N) is 2. The highest BCUT2D eigenvalue weighted by Gasteiger charge is 2.10. The van der Waals surface area contributed by atoms with Crippen LogP contribution >= 0.6 is 11.3 Å². The number of anilines is 2. The fourth-order valence-corrected chi connectivity index (χ4v) is 3.12. The van der Waals surface area contributed by atoms with E-state index in [4.69, 9.17) is 0 Å². The third-order valence-electron chi connectivity index (χ3n) is 3.68. The van der Waals surface area contributed by atoms with Crippen LogP contribution in [-0.2, 0) is 22.4 Å². The molecule has 1 heterocycles. The molecule has 0 atom stereocenters. The number of hydrogen-bond donors (Lipinski definition) is 2. The van der Waals surface area contributed by atoms with Gasteiger partial charge in [0, 0.05) is 11.1 Å². The molecule has 3 aromatic rings. The molecule has 132 valence electrons. The van der Waals surface area contributed by atoms with Gasteiger partial charge < -0.3 is 10.6 Å². The van der Waals surface area contributed by atoms with Crippen LogP contribution in [-0.4, -0.2) is 16.8 Å². The van der Waals surface area contributed by atoms with Crippen LogP contribution in [0, 0.1) is 6.92 Å². The van der Waals surface area contributed by atoms with Gasteiger partial charge in [-0.1, -0.05) is 48.0 Å². The van der Waals surface area contributed by atoms with E-state index in [2.05, 4.69) is 15.6 Å². The third kappa shape index (κ3) is 5.26. The van der Waals surface area contributed by atoms with Gasteiger partial charge in [0.25, 0.3) is 0 Å². The van der Waals surface area contributed by atoms with Crippen molar-refractivity contribution in [1.82, 2.24) is 4.98 Å². The summed E-state index contributed by atoms with van der Waals surface area (Å²) >= 11 is 1.32. The lowest BCUT2D eigenvalue weighted by molar-refractivity contribution is -0.116. The second kappa shape index (κ2) is 8.40. The van der Waals surface area contributed by atoms with Crippen LogP contribution in [0.25, 0.3) is 0 Å². The van der Waals surface area contributed by atoms with Crippen molar-refractivity contribution in [1.29, 1.82) is 0 Å². The Kier molecular flexibility index (Phi) is 5.76. The van der Waals surface area contributed by atoms with E-state index < -0.39 is 0 Å². The van der Waals surface area contributed by atoms with Gasteiger partial charge in [-0.2, -0.15) is 0 Å². The lowest BCUT2D eigenvalue weighted by atomic mass is 10.1. The van der Waals surface area contributed by atoms with Crippen LogP contribution in [0.15, 0.2) is 60.0 Å². The molecule has 0 aliphatic rings. The molecule has 2 N–H and O–H groups in total. The molecule has 26 heavy (non-hydrogen) atoms. The number of thiazole rings is 1. The molecule has 0 spiro atoms. The number of rotatable bonds is 6. The Bertz CT molecular complexity index is 889. The number of aryl methyl sites for hydroxylation is 1. The fraction of sp³-hybridized carbons (Fsp3) is 0.150. The van der Waals surface area contributed by atoms with Gasteiger partial charge in [-0.3, -0.25) is 9.59 Å². The number of hydrogen-bond acceptors (Lipinski definition) is 4. The first-order chi connectivity index (χ1) is 12.6. The van der Waals surface area contributed by atoms with Gasteiger partial charge >= 0.3 is 0 Å². The van der Waals surface area contributed by atoms with Crippen molar-refractivity contribution in [3.63, 3.8) is 0 Å². The average Bonchev–Trinajstić information content (AvgIpc) is 3.04. The normalized spacial score (nSPS) is 10.3. The van der Waals surface area contributed by atoms with Crippen molar-refractivity contribution >= 4 is 34.0 Å². The van der Waals surface area contributed by atoms with Gasteiger partial charge in [-0.25, -0.2) is 4.98 Å². The Labute approximate surface area is 156 Å². The Morgan fingerprint density at radius 1 is 0.923 bits per heavy atom. The minimum absolute atomic E-state index is 0.124. The summed E-state index contributed by atoms with van der Waals surface area (Å²) in [6, 6.07) is 17.1. The molecule has 0 saturated heterocycles. The van der Waals surface area contributed by atoms with Crippen molar-refractivity contribution in [2.45, 2.75) is 19.8 Å². The zero-order valence-electron chi connectivity index (χ0n) is 14.4. The van der Waals surface area contributed by atoms with E-state index in [0.717, 1.165) is 16.8 Å². The number of carbonyl (C=O) groups excluding carboxylic acids is 2. The van der Waals surface area contributed by atoms with Crippen molar-refractivity contribution in [2.75, 3.05) is 10.6 Å². The number of carbonyl (C=O) groups is 2. The zero-order valence-corrected chi connectivity index (χ0v) is 15.2. The maximum atomic E-state index is 12.1. The van der Waals surface area contributed by atoms with Crippen molar-refractivity contribution in [2.24, 2.45) is 0 Å². The third-order valence-corrected chi connectivity index (χ3v) is 4.49. The van der Waals surface area contributed by atoms with Gasteiger partial charge in [0.15, 0.2) is 5.13 Å². The number of nitrogens with zero attached hydrogens (tertiary/aromatic N) is 1. The lowest BCUT2D eigenvalue weighted by Gasteiger charge is -2.04.